The molecular formula is C8H7N3O2S. The number of aliphatic carboxylic acids is 1. The zero-order valence-electron chi connectivity index (χ0n) is 7.12. The van der Waals surface area contributed by atoms with Gasteiger partial charge in [0, 0.05) is 17.8 Å². The second-order valence-corrected chi connectivity index (χ2v) is 3.52. The van der Waals surface area contributed by atoms with Gasteiger partial charge in [-0.1, -0.05) is 0 Å². The second-order valence-electron chi connectivity index (χ2n) is 2.63. The van der Waals surface area contributed by atoms with Gasteiger partial charge in [-0.2, -0.15) is 5.10 Å². The molecule has 14 heavy (non-hydrogen) atoms. The topological polar surface area (TPSA) is 68.0 Å². The summed E-state index contributed by atoms with van der Waals surface area (Å²) in [6.45, 7) is -0.120. The number of carboxylic acids is 1. The lowest BCUT2D eigenvalue weighted by atomic mass is 10.5. The number of hydrogen-bond acceptors (Lipinski definition) is 4. The normalized spacial score (nSPS) is 10.3. The van der Waals surface area contributed by atoms with Crippen LogP contribution in [0.2, 0.25) is 0 Å². The molecule has 0 bridgehead atoms. The Kier molecular flexibility index (Phi) is 2.28. The maximum Gasteiger partial charge on any atom is 0.325 e. The predicted molar refractivity (Wildman–Crippen MR) is 51.0 cm³/mol. The van der Waals surface area contributed by atoms with Crippen molar-refractivity contribution in [1.29, 1.82) is 0 Å². The van der Waals surface area contributed by atoms with Crippen LogP contribution in [0.15, 0.2) is 23.8 Å². The van der Waals surface area contributed by atoms with Crippen molar-refractivity contribution in [2.24, 2.45) is 0 Å². The lowest BCUT2D eigenvalue weighted by molar-refractivity contribution is -0.137. The van der Waals surface area contributed by atoms with Crippen LogP contribution in [0.5, 0.6) is 0 Å². The van der Waals surface area contributed by atoms with Gasteiger partial charge in [-0.3, -0.25) is 9.48 Å². The molecule has 72 valence electrons. The summed E-state index contributed by atoms with van der Waals surface area (Å²) in [4.78, 5) is 14.5. The fourth-order valence-corrected chi connectivity index (χ4v) is 1.65. The molecular weight excluding hydrogens is 202 g/mol. The van der Waals surface area contributed by atoms with Gasteiger partial charge >= 0.3 is 5.97 Å². The van der Waals surface area contributed by atoms with Gasteiger partial charge in [0.1, 0.15) is 17.2 Å². The number of thiazole rings is 1. The first-order chi connectivity index (χ1) is 6.75. The summed E-state index contributed by atoms with van der Waals surface area (Å²) in [5, 5.41) is 15.3. The molecule has 0 radical (unpaired) electrons. The molecule has 0 aromatic carbocycles. The third kappa shape index (κ3) is 1.80. The van der Waals surface area contributed by atoms with Crippen molar-refractivity contribution in [1.82, 2.24) is 14.8 Å². The lowest BCUT2D eigenvalue weighted by Crippen LogP contribution is -2.08. The molecule has 2 heterocycles. The SMILES string of the molecule is O=C(O)Cn1ccc(-c2nccs2)n1. The fraction of sp³-hybridized carbons (Fsp3) is 0.125. The molecule has 0 aliphatic rings. The number of hydrogen-bond donors (Lipinski definition) is 1. The van der Waals surface area contributed by atoms with Crippen LogP contribution in [0.25, 0.3) is 10.7 Å². The molecule has 0 spiro atoms. The van der Waals surface area contributed by atoms with Crippen LogP contribution >= 0.6 is 11.3 Å². The van der Waals surface area contributed by atoms with E-state index in [0.717, 1.165) is 5.01 Å². The molecule has 2 aromatic heterocycles. The van der Waals surface area contributed by atoms with E-state index in [1.165, 1.54) is 16.0 Å². The van der Waals surface area contributed by atoms with E-state index in [4.69, 9.17) is 5.11 Å². The molecule has 0 aliphatic carbocycles. The van der Waals surface area contributed by atoms with Crippen molar-refractivity contribution >= 4 is 17.3 Å². The number of aromatic nitrogens is 3. The first-order valence-electron chi connectivity index (χ1n) is 3.91. The highest BCUT2D eigenvalue weighted by Gasteiger charge is 2.06. The van der Waals surface area contributed by atoms with Crippen LogP contribution in [-0.4, -0.2) is 25.8 Å². The van der Waals surface area contributed by atoms with E-state index in [1.54, 1.807) is 18.5 Å². The molecule has 2 rings (SSSR count). The van der Waals surface area contributed by atoms with E-state index in [0.29, 0.717) is 5.69 Å². The highest BCUT2D eigenvalue weighted by atomic mass is 32.1. The summed E-state index contributed by atoms with van der Waals surface area (Å²) < 4.78 is 1.37. The van der Waals surface area contributed by atoms with Crippen molar-refractivity contribution in [2.75, 3.05) is 0 Å². The summed E-state index contributed by atoms with van der Waals surface area (Å²) >= 11 is 1.47. The quantitative estimate of drug-likeness (QED) is 0.821. The molecule has 1 N–H and O–H groups in total. The molecule has 0 fully saturated rings. The Labute approximate surface area is 83.6 Å². The van der Waals surface area contributed by atoms with Crippen molar-refractivity contribution in [3.63, 3.8) is 0 Å². The largest absolute Gasteiger partial charge is 0.480 e. The zero-order chi connectivity index (χ0) is 9.97. The number of nitrogens with zero attached hydrogens (tertiary/aromatic N) is 3. The third-order valence-corrected chi connectivity index (χ3v) is 2.38. The monoisotopic (exact) mass is 209 g/mol. The summed E-state index contributed by atoms with van der Waals surface area (Å²) in [5.74, 6) is -0.904. The molecule has 2 aromatic rings. The highest BCUT2D eigenvalue weighted by molar-refractivity contribution is 7.13. The molecule has 0 amide bonds. The van der Waals surface area contributed by atoms with E-state index in [2.05, 4.69) is 10.1 Å². The fourth-order valence-electron chi connectivity index (χ4n) is 1.05. The highest BCUT2D eigenvalue weighted by Crippen LogP contribution is 2.18. The van der Waals surface area contributed by atoms with Crippen molar-refractivity contribution in [3.8, 4) is 10.7 Å². The van der Waals surface area contributed by atoms with Crippen LogP contribution < -0.4 is 0 Å². The molecule has 0 unspecified atom stereocenters. The Balaban J connectivity index is 2.22. The predicted octanol–water partition coefficient (Wildman–Crippen LogP) is 1.09. The lowest BCUT2D eigenvalue weighted by Gasteiger charge is -1.93. The van der Waals surface area contributed by atoms with Crippen molar-refractivity contribution < 1.29 is 9.90 Å². The Morgan fingerprint density at radius 2 is 2.50 bits per heavy atom. The summed E-state index contributed by atoms with van der Waals surface area (Å²) in [6.07, 6.45) is 3.32. The maximum atomic E-state index is 10.4. The Morgan fingerprint density at radius 3 is 3.14 bits per heavy atom. The third-order valence-electron chi connectivity index (χ3n) is 1.59. The van der Waals surface area contributed by atoms with Gasteiger partial charge < -0.3 is 5.11 Å². The minimum atomic E-state index is -0.904. The number of carbonyl (C=O) groups is 1. The molecule has 0 saturated heterocycles. The van der Waals surface area contributed by atoms with Crippen LogP contribution in [0.4, 0.5) is 0 Å². The van der Waals surface area contributed by atoms with E-state index in [9.17, 15) is 4.79 Å². The van der Waals surface area contributed by atoms with Gasteiger partial charge in [0.25, 0.3) is 0 Å². The van der Waals surface area contributed by atoms with Gasteiger partial charge in [-0.15, -0.1) is 11.3 Å². The van der Waals surface area contributed by atoms with E-state index in [1.807, 2.05) is 5.38 Å². The smallest absolute Gasteiger partial charge is 0.325 e. The zero-order valence-corrected chi connectivity index (χ0v) is 7.94. The van der Waals surface area contributed by atoms with Crippen LogP contribution in [-0.2, 0) is 11.3 Å². The molecule has 0 saturated carbocycles. The van der Waals surface area contributed by atoms with Gasteiger partial charge in [0.15, 0.2) is 0 Å². The van der Waals surface area contributed by atoms with Crippen molar-refractivity contribution in [2.45, 2.75) is 6.54 Å². The molecule has 6 heteroatoms. The van der Waals surface area contributed by atoms with Gasteiger partial charge in [-0.05, 0) is 6.07 Å². The van der Waals surface area contributed by atoms with Crippen LogP contribution in [0, 0.1) is 0 Å². The maximum absolute atomic E-state index is 10.4. The number of carboxylic acid groups (broad SMARTS) is 1. The van der Waals surface area contributed by atoms with Crippen molar-refractivity contribution in [3.05, 3.63) is 23.8 Å². The Hall–Kier alpha value is -1.69. The van der Waals surface area contributed by atoms with Crippen LogP contribution in [0.3, 0.4) is 0 Å². The second kappa shape index (κ2) is 3.59. The minimum absolute atomic E-state index is 0.120. The first-order valence-corrected chi connectivity index (χ1v) is 4.79. The standard InChI is InChI=1S/C8H7N3O2S/c12-7(13)5-11-3-1-6(10-11)8-9-2-4-14-8/h1-4H,5H2,(H,12,13). The van der Waals surface area contributed by atoms with Gasteiger partial charge in [-0.25, -0.2) is 4.98 Å². The molecule has 0 aliphatic heterocycles. The van der Waals surface area contributed by atoms with E-state index in [-0.39, 0.29) is 6.54 Å². The average Bonchev–Trinajstić information content (AvgIpc) is 2.69. The molecule has 0 atom stereocenters. The summed E-state index contributed by atoms with van der Waals surface area (Å²) in [6, 6.07) is 1.75. The summed E-state index contributed by atoms with van der Waals surface area (Å²) in [7, 11) is 0. The van der Waals surface area contributed by atoms with Gasteiger partial charge in [0.2, 0.25) is 0 Å². The summed E-state index contributed by atoms with van der Waals surface area (Å²) in [5.41, 5.74) is 0.709. The minimum Gasteiger partial charge on any atom is -0.480 e. The Morgan fingerprint density at radius 1 is 1.64 bits per heavy atom. The average molecular weight is 209 g/mol. The van der Waals surface area contributed by atoms with E-state index < -0.39 is 5.97 Å². The van der Waals surface area contributed by atoms with Crippen LogP contribution in [0.1, 0.15) is 0 Å². The molecule has 5 nitrogen and oxygen atoms in total. The first kappa shape index (κ1) is 8.89. The van der Waals surface area contributed by atoms with E-state index >= 15 is 0 Å². The Bertz CT molecular complexity index is 435. The number of rotatable bonds is 3. The van der Waals surface area contributed by atoms with Gasteiger partial charge in [0.05, 0.1) is 0 Å².